The molecule has 1 rings (SSSR count). The monoisotopic (exact) mass is 256 g/mol. The quantitative estimate of drug-likeness (QED) is 0.848. The Morgan fingerprint density at radius 1 is 1.59 bits per heavy atom. The number of nitrogens with one attached hydrogen (secondary N) is 2. The van der Waals surface area contributed by atoms with Gasteiger partial charge in [0.2, 0.25) is 0 Å². The standard InChI is InChI=1S/C11H20N4OS/c1-5-12-10(16)14-11-13-9(7-17-11)6-15(4)8(2)3/h7-8H,5-6H2,1-4H3,(H2,12,13,14,16). The Balaban J connectivity index is 2.50. The van der Waals surface area contributed by atoms with Crippen molar-refractivity contribution < 1.29 is 4.79 Å². The van der Waals surface area contributed by atoms with E-state index in [0.717, 1.165) is 12.2 Å². The molecule has 0 aliphatic heterocycles. The van der Waals surface area contributed by atoms with Crippen LogP contribution < -0.4 is 10.6 Å². The van der Waals surface area contributed by atoms with Gasteiger partial charge in [-0.3, -0.25) is 10.2 Å². The lowest BCUT2D eigenvalue weighted by atomic mass is 10.3. The smallest absolute Gasteiger partial charge is 0.321 e. The Kier molecular flexibility index (Phi) is 5.37. The van der Waals surface area contributed by atoms with E-state index < -0.39 is 0 Å². The number of rotatable bonds is 5. The second-order valence-electron chi connectivity index (χ2n) is 4.14. The van der Waals surface area contributed by atoms with Gasteiger partial charge in [-0.05, 0) is 27.8 Å². The second-order valence-corrected chi connectivity index (χ2v) is 5.00. The van der Waals surface area contributed by atoms with Gasteiger partial charge < -0.3 is 5.32 Å². The zero-order valence-corrected chi connectivity index (χ0v) is 11.6. The lowest BCUT2D eigenvalue weighted by Gasteiger charge is -2.19. The molecule has 0 saturated carbocycles. The first-order chi connectivity index (χ1) is 8.02. The van der Waals surface area contributed by atoms with Gasteiger partial charge in [0.25, 0.3) is 0 Å². The summed E-state index contributed by atoms with van der Waals surface area (Å²) in [4.78, 5) is 17.8. The molecule has 0 aromatic carbocycles. The van der Waals surface area contributed by atoms with Crippen molar-refractivity contribution in [2.75, 3.05) is 18.9 Å². The van der Waals surface area contributed by atoms with E-state index in [0.29, 0.717) is 17.7 Å². The largest absolute Gasteiger partial charge is 0.338 e. The maximum absolute atomic E-state index is 11.3. The van der Waals surface area contributed by atoms with E-state index in [2.05, 4.69) is 41.4 Å². The fourth-order valence-corrected chi connectivity index (χ4v) is 1.87. The number of urea groups is 1. The summed E-state index contributed by atoms with van der Waals surface area (Å²) in [6.07, 6.45) is 0. The molecule has 0 saturated heterocycles. The molecule has 0 unspecified atom stereocenters. The molecule has 1 heterocycles. The molecule has 2 N–H and O–H groups in total. The molecule has 0 aliphatic carbocycles. The molecule has 0 radical (unpaired) electrons. The van der Waals surface area contributed by atoms with Crippen LogP contribution in [0, 0.1) is 0 Å². The van der Waals surface area contributed by atoms with Gasteiger partial charge in [-0.15, -0.1) is 11.3 Å². The summed E-state index contributed by atoms with van der Waals surface area (Å²) in [5, 5.41) is 7.99. The van der Waals surface area contributed by atoms with E-state index in [1.165, 1.54) is 11.3 Å². The van der Waals surface area contributed by atoms with E-state index in [1.807, 2.05) is 12.3 Å². The minimum atomic E-state index is -0.203. The van der Waals surface area contributed by atoms with Gasteiger partial charge in [0.1, 0.15) is 0 Å². The molecule has 1 aromatic rings. The summed E-state index contributed by atoms with van der Waals surface area (Å²) in [6.45, 7) is 7.57. The molecule has 6 heteroatoms. The number of hydrogen-bond donors (Lipinski definition) is 2. The highest BCUT2D eigenvalue weighted by atomic mass is 32.1. The number of carbonyl (C=O) groups is 1. The summed E-state index contributed by atoms with van der Waals surface area (Å²) >= 11 is 1.45. The van der Waals surface area contributed by atoms with Crippen LogP contribution in [0.2, 0.25) is 0 Å². The highest BCUT2D eigenvalue weighted by molar-refractivity contribution is 7.13. The minimum absolute atomic E-state index is 0.203. The highest BCUT2D eigenvalue weighted by Gasteiger charge is 2.09. The molecule has 0 spiro atoms. The Hall–Kier alpha value is -1.14. The number of amides is 2. The van der Waals surface area contributed by atoms with Crippen molar-refractivity contribution in [3.8, 4) is 0 Å². The molecule has 17 heavy (non-hydrogen) atoms. The zero-order chi connectivity index (χ0) is 12.8. The van der Waals surface area contributed by atoms with Crippen LogP contribution in [0.1, 0.15) is 26.5 Å². The van der Waals surface area contributed by atoms with Crippen LogP contribution in [-0.2, 0) is 6.54 Å². The lowest BCUT2D eigenvalue weighted by Crippen LogP contribution is -2.28. The summed E-state index contributed by atoms with van der Waals surface area (Å²) < 4.78 is 0. The van der Waals surface area contributed by atoms with Crippen molar-refractivity contribution in [2.24, 2.45) is 0 Å². The van der Waals surface area contributed by atoms with Crippen LogP contribution in [0.5, 0.6) is 0 Å². The van der Waals surface area contributed by atoms with Crippen LogP contribution in [-0.4, -0.2) is 35.5 Å². The van der Waals surface area contributed by atoms with Crippen LogP contribution in [0.25, 0.3) is 0 Å². The Morgan fingerprint density at radius 2 is 2.29 bits per heavy atom. The molecule has 0 atom stereocenters. The summed E-state index contributed by atoms with van der Waals surface area (Å²) in [5.74, 6) is 0. The molecule has 96 valence electrons. The zero-order valence-electron chi connectivity index (χ0n) is 10.8. The van der Waals surface area contributed by atoms with E-state index >= 15 is 0 Å². The van der Waals surface area contributed by atoms with E-state index in [4.69, 9.17) is 0 Å². The van der Waals surface area contributed by atoms with Gasteiger partial charge in [0.05, 0.1) is 5.69 Å². The van der Waals surface area contributed by atoms with Gasteiger partial charge in [-0.1, -0.05) is 0 Å². The molecule has 5 nitrogen and oxygen atoms in total. The number of anilines is 1. The Labute approximate surface area is 106 Å². The average molecular weight is 256 g/mol. The van der Waals surface area contributed by atoms with E-state index in [9.17, 15) is 4.79 Å². The minimum Gasteiger partial charge on any atom is -0.338 e. The molecular weight excluding hydrogens is 236 g/mol. The first-order valence-corrected chi connectivity index (χ1v) is 6.60. The lowest BCUT2D eigenvalue weighted by molar-refractivity contribution is 0.252. The normalized spacial score (nSPS) is 10.9. The fourth-order valence-electron chi connectivity index (χ4n) is 1.18. The van der Waals surface area contributed by atoms with Crippen LogP contribution in [0.4, 0.5) is 9.93 Å². The van der Waals surface area contributed by atoms with Crippen molar-refractivity contribution >= 4 is 22.5 Å². The summed E-state index contributed by atoms with van der Waals surface area (Å²) in [6, 6.07) is 0.280. The predicted octanol–water partition coefficient (Wildman–Crippen LogP) is 2.12. The van der Waals surface area contributed by atoms with Gasteiger partial charge in [0, 0.05) is 24.5 Å². The topological polar surface area (TPSA) is 57.3 Å². The SMILES string of the molecule is CCNC(=O)Nc1nc(CN(C)C(C)C)cs1. The van der Waals surface area contributed by atoms with Crippen molar-refractivity contribution in [3.63, 3.8) is 0 Å². The van der Waals surface area contributed by atoms with Crippen LogP contribution in [0.15, 0.2) is 5.38 Å². The van der Waals surface area contributed by atoms with Gasteiger partial charge in [0.15, 0.2) is 5.13 Å². The van der Waals surface area contributed by atoms with Gasteiger partial charge in [-0.2, -0.15) is 0 Å². The maximum atomic E-state index is 11.3. The first kappa shape index (κ1) is 13.9. The first-order valence-electron chi connectivity index (χ1n) is 5.72. The number of hydrogen-bond acceptors (Lipinski definition) is 4. The van der Waals surface area contributed by atoms with E-state index in [1.54, 1.807) is 0 Å². The van der Waals surface area contributed by atoms with E-state index in [-0.39, 0.29) is 6.03 Å². The van der Waals surface area contributed by atoms with Crippen molar-refractivity contribution in [2.45, 2.75) is 33.4 Å². The Morgan fingerprint density at radius 3 is 2.88 bits per heavy atom. The number of carbonyl (C=O) groups excluding carboxylic acids is 1. The summed E-state index contributed by atoms with van der Waals surface area (Å²) in [7, 11) is 2.06. The molecule has 0 bridgehead atoms. The predicted molar refractivity (Wildman–Crippen MR) is 71.4 cm³/mol. The number of aromatic nitrogens is 1. The third kappa shape index (κ3) is 4.70. The van der Waals surface area contributed by atoms with Crippen molar-refractivity contribution in [3.05, 3.63) is 11.1 Å². The Bertz CT molecular complexity index is 364. The fraction of sp³-hybridized carbons (Fsp3) is 0.636. The summed E-state index contributed by atoms with van der Waals surface area (Å²) in [5.41, 5.74) is 0.984. The van der Waals surface area contributed by atoms with Gasteiger partial charge >= 0.3 is 6.03 Å². The number of thiazole rings is 1. The van der Waals surface area contributed by atoms with Crippen LogP contribution >= 0.6 is 11.3 Å². The molecule has 0 aliphatic rings. The molecular formula is C11H20N4OS. The van der Waals surface area contributed by atoms with Crippen LogP contribution in [0.3, 0.4) is 0 Å². The second kappa shape index (κ2) is 6.56. The maximum Gasteiger partial charge on any atom is 0.321 e. The third-order valence-electron chi connectivity index (χ3n) is 2.40. The van der Waals surface area contributed by atoms with Gasteiger partial charge in [-0.25, -0.2) is 9.78 Å². The molecule has 2 amide bonds. The number of nitrogens with zero attached hydrogens (tertiary/aromatic N) is 2. The van der Waals surface area contributed by atoms with Crippen molar-refractivity contribution in [1.82, 2.24) is 15.2 Å². The average Bonchev–Trinajstić information content (AvgIpc) is 2.65. The third-order valence-corrected chi connectivity index (χ3v) is 3.21. The van der Waals surface area contributed by atoms with Crippen molar-refractivity contribution in [1.29, 1.82) is 0 Å². The molecule has 1 aromatic heterocycles. The highest BCUT2D eigenvalue weighted by Crippen LogP contribution is 2.16. The molecule has 0 fully saturated rings.